The second-order valence-electron chi connectivity index (χ2n) is 5.61. The largest absolute Gasteiger partial charge is 0.384 e. The summed E-state index contributed by atoms with van der Waals surface area (Å²) in [6.07, 6.45) is 11.0. The summed E-state index contributed by atoms with van der Waals surface area (Å²) in [5.41, 5.74) is 0. The molecule has 1 unspecified atom stereocenters. The van der Waals surface area contributed by atoms with Gasteiger partial charge in [0.15, 0.2) is 0 Å². The Kier molecular flexibility index (Phi) is 10.1. The molecule has 0 aromatic rings. The zero-order valence-electron chi connectivity index (χ0n) is 12.1. The highest BCUT2D eigenvalue weighted by Crippen LogP contribution is 2.17. The van der Waals surface area contributed by atoms with Crippen LogP contribution in [0.1, 0.15) is 51.4 Å². The molecule has 0 N–H and O–H groups in total. The van der Waals surface area contributed by atoms with Gasteiger partial charge < -0.3 is 9.64 Å². The number of thiol groups is 1. The summed E-state index contributed by atoms with van der Waals surface area (Å²) in [5, 5.41) is 0. The maximum absolute atomic E-state index is 5.23. The Morgan fingerprint density at radius 3 is 2.39 bits per heavy atom. The van der Waals surface area contributed by atoms with Crippen LogP contribution >= 0.6 is 12.6 Å². The van der Waals surface area contributed by atoms with E-state index in [2.05, 4.69) is 17.5 Å². The van der Waals surface area contributed by atoms with Crippen LogP contribution in [0.2, 0.25) is 0 Å². The van der Waals surface area contributed by atoms with Gasteiger partial charge in [-0.05, 0) is 44.0 Å². The highest BCUT2D eigenvalue weighted by molar-refractivity contribution is 7.80. The van der Waals surface area contributed by atoms with Gasteiger partial charge in [-0.15, -0.1) is 0 Å². The van der Waals surface area contributed by atoms with Crippen molar-refractivity contribution in [3.05, 3.63) is 0 Å². The third-order valence-corrected chi connectivity index (χ3v) is 4.22. The first-order chi connectivity index (χ1) is 8.86. The molecule has 1 aliphatic rings. The first-order valence-corrected chi connectivity index (χ1v) is 8.32. The van der Waals surface area contributed by atoms with Crippen LogP contribution in [0.25, 0.3) is 0 Å². The zero-order chi connectivity index (χ0) is 13.1. The van der Waals surface area contributed by atoms with E-state index in [1.54, 1.807) is 0 Å². The minimum Gasteiger partial charge on any atom is -0.384 e. The molecule has 0 spiro atoms. The quantitative estimate of drug-likeness (QED) is 0.456. The summed E-state index contributed by atoms with van der Waals surface area (Å²) < 4.78 is 5.23. The average molecular weight is 273 g/mol. The van der Waals surface area contributed by atoms with Gasteiger partial charge in [0.2, 0.25) is 0 Å². The molecule has 0 aliphatic carbocycles. The average Bonchev–Trinajstić information content (AvgIpc) is 2.81. The molecule has 0 aromatic heterocycles. The Bertz CT molecular complexity index is 189. The van der Waals surface area contributed by atoms with E-state index in [0.717, 1.165) is 18.3 Å². The molecule has 1 fully saturated rings. The summed E-state index contributed by atoms with van der Waals surface area (Å²) >= 11 is 4.24. The van der Waals surface area contributed by atoms with Crippen LogP contribution in [0, 0.1) is 5.92 Å². The molecule has 0 saturated carbocycles. The fourth-order valence-electron chi connectivity index (χ4n) is 2.82. The first kappa shape index (κ1) is 16.3. The van der Waals surface area contributed by atoms with E-state index in [9.17, 15) is 0 Å². The molecule has 1 atom stereocenters. The van der Waals surface area contributed by atoms with Gasteiger partial charge in [0, 0.05) is 13.7 Å². The maximum Gasteiger partial charge on any atom is 0.0503 e. The van der Waals surface area contributed by atoms with Crippen LogP contribution in [-0.2, 0) is 4.74 Å². The van der Waals surface area contributed by atoms with Crippen molar-refractivity contribution >= 4 is 12.6 Å². The molecule has 0 bridgehead atoms. The van der Waals surface area contributed by atoms with Gasteiger partial charge in [0.05, 0.1) is 6.61 Å². The number of rotatable bonds is 11. The molecule has 1 aliphatic heterocycles. The SMILES string of the molecule is COCC1CCN(CCCCCCCCCS)C1. The van der Waals surface area contributed by atoms with Crippen molar-refractivity contribution in [2.75, 3.05) is 39.1 Å². The highest BCUT2D eigenvalue weighted by atomic mass is 32.1. The van der Waals surface area contributed by atoms with Gasteiger partial charge in [0.25, 0.3) is 0 Å². The number of hydrogen-bond donors (Lipinski definition) is 1. The van der Waals surface area contributed by atoms with Crippen LogP contribution < -0.4 is 0 Å². The van der Waals surface area contributed by atoms with Gasteiger partial charge in [-0.25, -0.2) is 0 Å². The highest BCUT2D eigenvalue weighted by Gasteiger charge is 2.21. The minimum absolute atomic E-state index is 0.788. The second-order valence-corrected chi connectivity index (χ2v) is 6.06. The predicted octanol–water partition coefficient (Wildman–Crippen LogP) is 3.62. The van der Waals surface area contributed by atoms with Crippen molar-refractivity contribution in [2.24, 2.45) is 5.92 Å². The molecule has 3 heteroatoms. The van der Waals surface area contributed by atoms with E-state index < -0.39 is 0 Å². The van der Waals surface area contributed by atoms with Crippen LogP contribution in [-0.4, -0.2) is 44.0 Å². The van der Waals surface area contributed by atoms with Gasteiger partial charge in [-0.2, -0.15) is 12.6 Å². The molecule has 1 rings (SSSR count). The molecule has 1 saturated heterocycles. The number of likely N-dealkylation sites (tertiary alicyclic amines) is 1. The number of methoxy groups -OCH3 is 1. The van der Waals surface area contributed by atoms with Crippen molar-refractivity contribution in [3.8, 4) is 0 Å². The molecular weight excluding hydrogens is 242 g/mol. The smallest absolute Gasteiger partial charge is 0.0503 e. The van der Waals surface area contributed by atoms with Crippen molar-refractivity contribution in [1.82, 2.24) is 4.90 Å². The number of ether oxygens (including phenoxy) is 1. The lowest BCUT2D eigenvalue weighted by Gasteiger charge is -2.15. The van der Waals surface area contributed by atoms with Gasteiger partial charge in [-0.1, -0.05) is 32.1 Å². The second kappa shape index (κ2) is 11.1. The zero-order valence-corrected chi connectivity index (χ0v) is 13.0. The lowest BCUT2D eigenvalue weighted by atomic mass is 10.1. The molecular formula is C15H31NOS. The molecule has 1 heterocycles. The lowest BCUT2D eigenvalue weighted by Crippen LogP contribution is -2.22. The molecule has 108 valence electrons. The van der Waals surface area contributed by atoms with Crippen LogP contribution in [0.5, 0.6) is 0 Å². The molecule has 0 aromatic carbocycles. The Morgan fingerprint density at radius 2 is 1.72 bits per heavy atom. The standard InChI is InChI=1S/C15H31NOS/c1-17-14-15-9-11-16(13-15)10-7-5-3-2-4-6-8-12-18/h15,18H,2-14H2,1H3. The molecule has 0 radical (unpaired) electrons. The Balaban J connectivity index is 1.84. The monoisotopic (exact) mass is 273 g/mol. The molecule has 18 heavy (non-hydrogen) atoms. The number of nitrogens with zero attached hydrogens (tertiary/aromatic N) is 1. The normalized spacial score (nSPS) is 20.7. The van der Waals surface area contributed by atoms with Crippen molar-refractivity contribution in [1.29, 1.82) is 0 Å². The Morgan fingerprint density at radius 1 is 1.06 bits per heavy atom. The van der Waals surface area contributed by atoms with Crippen molar-refractivity contribution < 1.29 is 4.74 Å². The summed E-state index contributed by atoms with van der Waals surface area (Å²) in [5.74, 6) is 1.84. The molecule has 2 nitrogen and oxygen atoms in total. The first-order valence-electron chi connectivity index (χ1n) is 7.69. The number of hydrogen-bond acceptors (Lipinski definition) is 3. The summed E-state index contributed by atoms with van der Waals surface area (Å²) in [7, 11) is 1.82. The van der Waals surface area contributed by atoms with E-state index >= 15 is 0 Å². The lowest BCUT2D eigenvalue weighted by molar-refractivity contribution is 0.153. The predicted molar refractivity (Wildman–Crippen MR) is 82.6 cm³/mol. The fraction of sp³-hybridized carbons (Fsp3) is 1.00. The summed E-state index contributed by atoms with van der Waals surface area (Å²) in [6, 6.07) is 0. The van der Waals surface area contributed by atoms with Gasteiger partial charge in [0.1, 0.15) is 0 Å². The van der Waals surface area contributed by atoms with E-state index in [4.69, 9.17) is 4.74 Å². The third-order valence-electron chi connectivity index (χ3n) is 3.90. The van der Waals surface area contributed by atoms with E-state index in [0.29, 0.717) is 0 Å². The van der Waals surface area contributed by atoms with E-state index in [1.165, 1.54) is 71.0 Å². The Hall–Kier alpha value is 0.270. The minimum atomic E-state index is 0.788. The van der Waals surface area contributed by atoms with Crippen LogP contribution in [0.4, 0.5) is 0 Å². The van der Waals surface area contributed by atoms with Crippen molar-refractivity contribution in [3.63, 3.8) is 0 Å². The van der Waals surface area contributed by atoms with Crippen LogP contribution in [0.3, 0.4) is 0 Å². The van der Waals surface area contributed by atoms with Gasteiger partial charge in [-0.3, -0.25) is 0 Å². The summed E-state index contributed by atoms with van der Waals surface area (Å²) in [4.78, 5) is 2.62. The third kappa shape index (κ3) is 7.65. The maximum atomic E-state index is 5.23. The fourth-order valence-corrected chi connectivity index (χ4v) is 3.04. The van der Waals surface area contributed by atoms with Crippen molar-refractivity contribution in [2.45, 2.75) is 51.4 Å². The topological polar surface area (TPSA) is 12.5 Å². The van der Waals surface area contributed by atoms with Crippen LogP contribution in [0.15, 0.2) is 0 Å². The van der Waals surface area contributed by atoms with E-state index in [1.807, 2.05) is 7.11 Å². The molecule has 0 amide bonds. The summed E-state index contributed by atoms with van der Waals surface area (Å²) in [6.45, 7) is 4.80. The van der Waals surface area contributed by atoms with E-state index in [-0.39, 0.29) is 0 Å². The van der Waals surface area contributed by atoms with Gasteiger partial charge >= 0.3 is 0 Å². The number of unbranched alkanes of at least 4 members (excludes halogenated alkanes) is 6. The Labute approximate surface area is 119 Å².